The second-order valence-corrected chi connectivity index (χ2v) is 5.37. The summed E-state index contributed by atoms with van der Waals surface area (Å²) in [5, 5.41) is 3.18. The number of hydrogen-bond acceptors (Lipinski definition) is 5. The van der Waals surface area contributed by atoms with Crippen molar-refractivity contribution in [3.8, 4) is 5.75 Å². The van der Waals surface area contributed by atoms with E-state index in [0.717, 1.165) is 0 Å². The number of carbonyl (C=O) groups excluding carboxylic acids is 3. The van der Waals surface area contributed by atoms with E-state index in [2.05, 4.69) is 10.1 Å². The first kappa shape index (κ1) is 19.8. The van der Waals surface area contributed by atoms with Crippen molar-refractivity contribution in [2.75, 3.05) is 33.4 Å². The van der Waals surface area contributed by atoms with Gasteiger partial charge in [0.1, 0.15) is 5.75 Å². The van der Waals surface area contributed by atoms with Crippen LogP contribution in [0.2, 0.25) is 5.02 Å². The van der Waals surface area contributed by atoms with Crippen molar-refractivity contribution >= 4 is 29.4 Å². The van der Waals surface area contributed by atoms with Crippen LogP contribution in [0.15, 0.2) is 24.3 Å². The van der Waals surface area contributed by atoms with Gasteiger partial charge in [-0.15, -0.1) is 0 Å². The Balaban J connectivity index is 2.54. The molecule has 0 bridgehead atoms. The van der Waals surface area contributed by atoms with E-state index in [4.69, 9.17) is 16.3 Å². The number of amides is 2. The average Bonchev–Trinajstić information content (AvgIpc) is 2.56. The van der Waals surface area contributed by atoms with Gasteiger partial charge in [0.25, 0.3) is 5.91 Å². The lowest BCUT2D eigenvalue weighted by molar-refractivity contribution is -0.142. The molecule has 8 heteroatoms. The summed E-state index contributed by atoms with van der Waals surface area (Å²) < 4.78 is 9.98. The number of carbonyl (C=O) groups is 3. The minimum atomic E-state index is -0.411. The summed E-state index contributed by atoms with van der Waals surface area (Å²) >= 11 is 5.78. The molecule has 1 rings (SSSR count). The molecule has 0 heterocycles. The molecule has 7 nitrogen and oxygen atoms in total. The molecule has 1 aromatic carbocycles. The standard InChI is InChI=1S/C16H21ClN2O5/c1-12(20)18-8-10-19(9-7-16(22)23-2)15(21)11-24-14-5-3-13(17)4-6-14/h3-6H,7-11H2,1-2H3,(H,18,20). The van der Waals surface area contributed by atoms with Crippen LogP contribution in [0.5, 0.6) is 5.75 Å². The molecule has 0 saturated carbocycles. The zero-order valence-electron chi connectivity index (χ0n) is 13.7. The Hall–Kier alpha value is -2.28. The molecule has 24 heavy (non-hydrogen) atoms. The lowest BCUT2D eigenvalue weighted by Gasteiger charge is -2.22. The molecule has 132 valence electrons. The van der Waals surface area contributed by atoms with Crippen molar-refractivity contribution in [3.63, 3.8) is 0 Å². The van der Waals surface area contributed by atoms with Crippen molar-refractivity contribution in [3.05, 3.63) is 29.3 Å². The van der Waals surface area contributed by atoms with Gasteiger partial charge in [0.15, 0.2) is 6.61 Å². The van der Waals surface area contributed by atoms with E-state index in [1.54, 1.807) is 24.3 Å². The predicted molar refractivity (Wildman–Crippen MR) is 88.8 cm³/mol. The Bertz CT molecular complexity index is 562. The summed E-state index contributed by atoms with van der Waals surface area (Å²) in [5.41, 5.74) is 0. The van der Waals surface area contributed by atoms with Gasteiger partial charge in [0, 0.05) is 31.6 Å². The Kier molecular flexibility index (Phi) is 8.64. The molecule has 0 spiro atoms. The molecule has 0 fully saturated rings. The first-order chi connectivity index (χ1) is 11.4. The summed E-state index contributed by atoms with van der Waals surface area (Å²) in [6, 6.07) is 6.64. The zero-order chi connectivity index (χ0) is 17.9. The molecule has 0 radical (unpaired) electrons. The van der Waals surface area contributed by atoms with E-state index in [1.807, 2.05) is 0 Å². The molecule has 0 unspecified atom stereocenters. The number of esters is 1. The Morgan fingerprint density at radius 3 is 2.42 bits per heavy atom. The highest BCUT2D eigenvalue weighted by Gasteiger charge is 2.16. The minimum Gasteiger partial charge on any atom is -0.484 e. The zero-order valence-corrected chi connectivity index (χ0v) is 14.5. The number of ether oxygens (including phenoxy) is 2. The number of hydrogen-bond donors (Lipinski definition) is 1. The fraction of sp³-hybridized carbons (Fsp3) is 0.438. The lowest BCUT2D eigenvalue weighted by atomic mass is 10.3. The fourth-order valence-corrected chi connectivity index (χ4v) is 1.95. The first-order valence-corrected chi connectivity index (χ1v) is 7.77. The van der Waals surface area contributed by atoms with Crippen molar-refractivity contribution < 1.29 is 23.9 Å². The highest BCUT2D eigenvalue weighted by Crippen LogP contribution is 2.15. The highest BCUT2D eigenvalue weighted by molar-refractivity contribution is 6.30. The second kappa shape index (κ2) is 10.5. The average molecular weight is 357 g/mol. The van der Waals surface area contributed by atoms with Gasteiger partial charge in [-0.1, -0.05) is 11.6 Å². The molecule has 0 atom stereocenters. The number of halogens is 1. The van der Waals surface area contributed by atoms with Crippen LogP contribution in [-0.4, -0.2) is 56.0 Å². The molecule has 1 aromatic rings. The third-order valence-corrected chi connectivity index (χ3v) is 3.35. The van der Waals surface area contributed by atoms with Gasteiger partial charge in [-0.3, -0.25) is 14.4 Å². The van der Waals surface area contributed by atoms with Gasteiger partial charge >= 0.3 is 5.97 Å². The van der Waals surface area contributed by atoms with Crippen LogP contribution in [0.3, 0.4) is 0 Å². The van der Waals surface area contributed by atoms with Gasteiger partial charge < -0.3 is 19.7 Å². The molecule has 0 aliphatic heterocycles. The van der Waals surface area contributed by atoms with E-state index >= 15 is 0 Å². The molecule has 0 aliphatic rings. The maximum Gasteiger partial charge on any atom is 0.307 e. The molecular weight excluding hydrogens is 336 g/mol. The van der Waals surface area contributed by atoms with Gasteiger partial charge in [-0.2, -0.15) is 0 Å². The Labute approximate surface area is 145 Å². The smallest absolute Gasteiger partial charge is 0.307 e. The van der Waals surface area contributed by atoms with Crippen molar-refractivity contribution in [1.82, 2.24) is 10.2 Å². The molecule has 2 amide bonds. The van der Waals surface area contributed by atoms with Crippen LogP contribution in [0.4, 0.5) is 0 Å². The first-order valence-electron chi connectivity index (χ1n) is 7.39. The van der Waals surface area contributed by atoms with E-state index in [9.17, 15) is 14.4 Å². The van der Waals surface area contributed by atoms with Crippen LogP contribution < -0.4 is 10.1 Å². The SMILES string of the molecule is COC(=O)CCN(CCNC(C)=O)C(=O)COc1ccc(Cl)cc1. The van der Waals surface area contributed by atoms with Crippen LogP contribution in [0.25, 0.3) is 0 Å². The monoisotopic (exact) mass is 356 g/mol. The summed E-state index contributed by atoms with van der Waals surface area (Å²) in [6.45, 7) is 1.98. The Morgan fingerprint density at radius 2 is 1.83 bits per heavy atom. The van der Waals surface area contributed by atoms with Crippen LogP contribution in [-0.2, 0) is 19.1 Å². The van der Waals surface area contributed by atoms with Crippen molar-refractivity contribution in [1.29, 1.82) is 0 Å². The van der Waals surface area contributed by atoms with Crippen LogP contribution in [0, 0.1) is 0 Å². The summed E-state index contributed by atoms with van der Waals surface area (Å²) in [5.74, 6) is -0.375. The van der Waals surface area contributed by atoms with Gasteiger partial charge in [-0.25, -0.2) is 0 Å². The summed E-state index contributed by atoms with van der Waals surface area (Å²) in [6.07, 6.45) is 0.0727. The predicted octanol–water partition coefficient (Wildman–Crippen LogP) is 1.25. The van der Waals surface area contributed by atoms with Crippen molar-refractivity contribution in [2.45, 2.75) is 13.3 Å². The van der Waals surface area contributed by atoms with Crippen molar-refractivity contribution in [2.24, 2.45) is 0 Å². The largest absolute Gasteiger partial charge is 0.484 e. The fourth-order valence-electron chi connectivity index (χ4n) is 1.82. The summed E-state index contributed by atoms with van der Waals surface area (Å²) in [4.78, 5) is 35.9. The van der Waals surface area contributed by atoms with Gasteiger partial charge in [0.2, 0.25) is 5.91 Å². The molecular formula is C16H21ClN2O5. The van der Waals surface area contributed by atoms with Gasteiger partial charge in [0.05, 0.1) is 13.5 Å². The Morgan fingerprint density at radius 1 is 1.17 bits per heavy atom. The lowest BCUT2D eigenvalue weighted by Crippen LogP contribution is -2.41. The number of nitrogens with zero attached hydrogens (tertiary/aromatic N) is 1. The normalized spacial score (nSPS) is 9.96. The van der Waals surface area contributed by atoms with Gasteiger partial charge in [-0.05, 0) is 24.3 Å². The van der Waals surface area contributed by atoms with Crippen LogP contribution >= 0.6 is 11.6 Å². The molecule has 0 saturated heterocycles. The number of rotatable bonds is 9. The molecule has 1 N–H and O–H groups in total. The molecule has 0 aliphatic carbocycles. The number of nitrogens with one attached hydrogen (secondary N) is 1. The number of benzene rings is 1. The van der Waals surface area contributed by atoms with E-state index < -0.39 is 5.97 Å². The topological polar surface area (TPSA) is 84.9 Å². The quantitative estimate of drug-likeness (QED) is 0.673. The number of methoxy groups -OCH3 is 1. The van der Waals surface area contributed by atoms with E-state index in [1.165, 1.54) is 18.9 Å². The second-order valence-electron chi connectivity index (χ2n) is 4.93. The highest BCUT2D eigenvalue weighted by atomic mass is 35.5. The van der Waals surface area contributed by atoms with Crippen LogP contribution in [0.1, 0.15) is 13.3 Å². The molecule has 0 aromatic heterocycles. The maximum atomic E-state index is 12.3. The minimum absolute atomic E-state index is 0.0727. The third-order valence-electron chi connectivity index (χ3n) is 3.10. The maximum absolute atomic E-state index is 12.3. The summed E-state index contributed by atoms with van der Waals surface area (Å²) in [7, 11) is 1.29. The third kappa shape index (κ3) is 7.82. The van der Waals surface area contributed by atoms with E-state index in [-0.39, 0.29) is 37.9 Å². The van der Waals surface area contributed by atoms with E-state index in [0.29, 0.717) is 17.3 Å².